The molecule has 10 heavy (non-hydrogen) atoms. The summed E-state index contributed by atoms with van der Waals surface area (Å²) in [6.45, 7) is 3.66. The third-order valence-electron chi connectivity index (χ3n) is 1.08. The topological polar surface area (TPSA) is 26.3 Å². The number of allylic oxidation sites excluding steroid dienone is 3. The van der Waals surface area contributed by atoms with Crippen LogP contribution in [0.1, 0.15) is 0 Å². The molecule has 0 saturated heterocycles. The van der Waals surface area contributed by atoms with Gasteiger partial charge in [0.1, 0.15) is 5.76 Å². The van der Waals surface area contributed by atoms with E-state index in [-0.39, 0.29) is 12.4 Å². The molecule has 1 aliphatic heterocycles. The summed E-state index contributed by atoms with van der Waals surface area (Å²) in [5.74, 6) is 0.633. The lowest BCUT2D eigenvalue weighted by Gasteiger charge is -1.91. The van der Waals surface area contributed by atoms with E-state index in [0.717, 1.165) is 0 Å². The third kappa shape index (κ3) is 1.58. The largest absolute Gasteiger partial charge is 0.485 e. The van der Waals surface area contributed by atoms with Crippen LogP contribution in [-0.4, -0.2) is 12.4 Å². The van der Waals surface area contributed by atoms with Crippen LogP contribution in [0.15, 0.2) is 36.6 Å². The highest BCUT2D eigenvalue weighted by Gasteiger charge is 2.08. The van der Waals surface area contributed by atoms with E-state index in [2.05, 4.69) is 6.58 Å². The Morgan fingerprint density at radius 2 is 2.50 bits per heavy atom. The van der Waals surface area contributed by atoms with Gasteiger partial charge in [-0.05, 0) is 6.08 Å². The Kier molecular flexibility index (Phi) is 2.05. The molecule has 2 heteroatoms. The number of carbonyl (C=O) groups excluding carboxylic acids is 1. The van der Waals surface area contributed by atoms with Gasteiger partial charge in [0, 0.05) is 6.08 Å². The zero-order valence-corrected chi connectivity index (χ0v) is 5.54. The maximum Gasteiger partial charge on any atom is 0.196 e. The average Bonchev–Trinajstić information content (AvgIpc) is 2.31. The molecule has 1 aliphatic rings. The summed E-state index contributed by atoms with van der Waals surface area (Å²) in [4.78, 5) is 10.6. The van der Waals surface area contributed by atoms with Crippen molar-refractivity contribution in [3.63, 3.8) is 0 Å². The number of ether oxygens (including phenoxy) is 1. The fourth-order valence-corrected chi connectivity index (χ4v) is 0.656. The van der Waals surface area contributed by atoms with Gasteiger partial charge in [0.25, 0.3) is 0 Å². The Morgan fingerprint density at radius 3 is 3.00 bits per heavy atom. The van der Waals surface area contributed by atoms with Gasteiger partial charge in [-0.15, -0.1) is 0 Å². The molecule has 0 spiro atoms. The second-order valence-corrected chi connectivity index (χ2v) is 1.90. The molecule has 0 aromatic carbocycles. The van der Waals surface area contributed by atoms with Crippen molar-refractivity contribution < 1.29 is 9.53 Å². The summed E-state index contributed by atoms with van der Waals surface area (Å²) < 4.78 is 4.94. The van der Waals surface area contributed by atoms with Crippen molar-refractivity contribution in [1.82, 2.24) is 0 Å². The van der Waals surface area contributed by atoms with E-state index in [1.807, 2.05) is 0 Å². The summed E-state index contributed by atoms with van der Waals surface area (Å²) >= 11 is 0. The Labute approximate surface area is 59.5 Å². The number of hydrogen-bond donors (Lipinski definition) is 0. The summed E-state index contributed by atoms with van der Waals surface area (Å²) in [5.41, 5.74) is 0. The summed E-state index contributed by atoms with van der Waals surface area (Å²) in [6, 6.07) is 0. The van der Waals surface area contributed by atoms with Crippen molar-refractivity contribution in [3.8, 4) is 0 Å². The standard InChI is InChI=1S/C8H8O2/c1-2-3-4-8-5-7(9)6-10-8/h2-5H,1,6H2. The molecule has 0 fully saturated rings. The van der Waals surface area contributed by atoms with Gasteiger partial charge in [0.15, 0.2) is 12.4 Å². The van der Waals surface area contributed by atoms with Gasteiger partial charge in [0.2, 0.25) is 0 Å². The Balaban J connectivity index is 2.58. The predicted octanol–water partition coefficient (Wildman–Crippen LogP) is 1.21. The van der Waals surface area contributed by atoms with Crippen LogP contribution >= 0.6 is 0 Å². The fraction of sp³-hybridized carbons (Fsp3) is 0.125. The molecule has 0 saturated carbocycles. The van der Waals surface area contributed by atoms with Crippen molar-refractivity contribution in [3.05, 3.63) is 36.6 Å². The van der Waals surface area contributed by atoms with Gasteiger partial charge >= 0.3 is 0 Å². The van der Waals surface area contributed by atoms with E-state index in [1.54, 1.807) is 18.2 Å². The highest BCUT2D eigenvalue weighted by atomic mass is 16.5. The molecular formula is C8H8O2. The maximum atomic E-state index is 10.6. The first-order chi connectivity index (χ1) is 4.83. The Bertz CT molecular complexity index is 211. The highest BCUT2D eigenvalue weighted by molar-refractivity contribution is 5.93. The molecule has 0 unspecified atom stereocenters. The van der Waals surface area contributed by atoms with Gasteiger partial charge in [0.05, 0.1) is 0 Å². The lowest BCUT2D eigenvalue weighted by molar-refractivity contribution is -0.115. The first-order valence-electron chi connectivity index (χ1n) is 2.99. The van der Waals surface area contributed by atoms with Crippen molar-refractivity contribution >= 4 is 5.78 Å². The van der Waals surface area contributed by atoms with Crippen LogP contribution in [0.2, 0.25) is 0 Å². The van der Waals surface area contributed by atoms with Crippen molar-refractivity contribution in [2.45, 2.75) is 0 Å². The van der Waals surface area contributed by atoms with E-state index >= 15 is 0 Å². The van der Waals surface area contributed by atoms with E-state index < -0.39 is 0 Å². The fourth-order valence-electron chi connectivity index (χ4n) is 0.656. The molecule has 2 nitrogen and oxygen atoms in total. The smallest absolute Gasteiger partial charge is 0.196 e. The van der Waals surface area contributed by atoms with Gasteiger partial charge in [-0.1, -0.05) is 18.7 Å². The molecule has 1 heterocycles. The minimum absolute atomic E-state index is 0.0173. The first-order valence-corrected chi connectivity index (χ1v) is 2.99. The number of rotatable bonds is 2. The molecule has 52 valence electrons. The maximum absolute atomic E-state index is 10.6. The molecule has 0 aromatic heterocycles. The third-order valence-corrected chi connectivity index (χ3v) is 1.08. The van der Waals surface area contributed by atoms with E-state index in [4.69, 9.17) is 4.74 Å². The second-order valence-electron chi connectivity index (χ2n) is 1.90. The molecule has 0 radical (unpaired) electrons. The number of carbonyl (C=O) groups is 1. The first kappa shape index (κ1) is 6.81. The van der Waals surface area contributed by atoms with Gasteiger partial charge in [-0.2, -0.15) is 0 Å². The van der Waals surface area contributed by atoms with Crippen LogP contribution in [-0.2, 0) is 9.53 Å². The van der Waals surface area contributed by atoms with E-state index in [9.17, 15) is 4.79 Å². The Hall–Kier alpha value is -1.31. The van der Waals surface area contributed by atoms with Gasteiger partial charge in [-0.3, -0.25) is 4.79 Å². The van der Waals surface area contributed by atoms with Crippen molar-refractivity contribution in [1.29, 1.82) is 0 Å². The number of hydrogen-bond acceptors (Lipinski definition) is 2. The molecule has 1 rings (SSSR count). The van der Waals surface area contributed by atoms with E-state index in [0.29, 0.717) is 5.76 Å². The summed E-state index contributed by atoms with van der Waals surface area (Å²) in [5, 5.41) is 0. The SMILES string of the molecule is C=CC=CC1=CC(=O)CO1. The molecule has 0 N–H and O–H groups in total. The quantitative estimate of drug-likeness (QED) is 0.533. The normalized spacial score (nSPS) is 17.2. The van der Waals surface area contributed by atoms with Gasteiger partial charge in [-0.25, -0.2) is 0 Å². The van der Waals surface area contributed by atoms with Crippen LogP contribution in [0.5, 0.6) is 0 Å². The zero-order valence-electron chi connectivity index (χ0n) is 5.54. The van der Waals surface area contributed by atoms with Gasteiger partial charge < -0.3 is 4.74 Å². The molecule has 0 aliphatic carbocycles. The molecular weight excluding hydrogens is 128 g/mol. The summed E-state index contributed by atoms with van der Waals surface area (Å²) in [6.07, 6.45) is 6.54. The van der Waals surface area contributed by atoms with Crippen LogP contribution in [0.3, 0.4) is 0 Å². The predicted molar refractivity (Wildman–Crippen MR) is 38.4 cm³/mol. The van der Waals surface area contributed by atoms with Crippen LogP contribution in [0.25, 0.3) is 0 Å². The second kappa shape index (κ2) is 3.01. The monoisotopic (exact) mass is 136 g/mol. The zero-order chi connectivity index (χ0) is 7.40. The Morgan fingerprint density at radius 1 is 1.70 bits per heavy atom. The molecule has 0 aromatic rings. The lowest BCUT2D eigenvalue weighted by atomic mass is 10.3. The van der Waals surface area contributed by atoms with Crippen LogP contribution < -0.4 is 0 Å². The van der Waals surface area contributed by atoms with Crippen molar-refractivity contribution in [2.75, 3.05) is 6.61 Å². The highest BCUT2D eigenvalue weighted by Crippen LogP contribution is 2.06. The minimum Gasteiger partial charge on any atom is -0.485 e. The molecule has 0 amide bonds. The lowest BCUT2D eigenvalue weighted by Crippen LogP contribution is -1.92. The molecule has 0 bridgehead atoms. The summed E-state index contributed by atoms with van der Waals surface area (Å²) in [7, 11) is 0. The number of ketones is 1. The molecule has 0 atom stereocenters. The van der Waals surface area contributed by atoms with E-state index in [1.165, 1.54) is 6.08 Å². The van der Waals surface area contributed by atoms with Crippen molar-refractivity contribution in [2.24, 2.45) is 0 Å². The van der Waals surface area contributed by atoms with Crippen LogP contribution in [0.4, 0.5) is 0 Å². The minimum atomic E-state index is 0.0173. The average molecular weight is 136 g/mol. The van der Waals surface area contributed by atoms with Crippen LogP contribution in [0, 0.1) is 0 Å².